The summed E-state index contributed by atoms with van der Waals surface area (Å²) >= 11 is 10.8. The molecule has 2 N–H and O–H groups in total. The number of primary sulfonamides is 1. The number of hydrogen-bond donors (Lipinski definition) is 1. The van der Waals surface area contributed by atoms with Gasteiger partial charge in [-0.1, -0.05) is 23.2 Å². The standard InChI is InChI=1S/C6H4Cl2FNO2S/c7-3-1-4(8)6(2-5(3)9)13(10,11)12/h1-2H,(H2,10,11,12). The van der Waals surface area contributed by atoms with Crippen LogP contribution in [0.15, 0.2) is 17.0 Å². The first-order valence-corrected chi connectivity index (χ1v) is 5.30. The molecule has 0 spiro atoms. The molecule has 1 aromatic rings. The first-order chi connectivity index (χ1) is 5.82. The Morgan fingerprint density at radius 1 is 1.23 bits per heavy atom. The highest BCUT2D eigenvalue weighted by Crippen LogP contribution is 2.26. The molecule has 0 aromatic heterocycles. The summed E-state index contributed by atoms with van der Waals surface area (Å²) in [4.78, 5) is -0.476. The van der Waals surface area contributed by atoms with Gasteiger partial charge in [-0.25, -0.2) is 17.9 Å². The third kappa shape index (κ3) is 2.31. The molecular weight excluding hydrogens is 240 g/mol. The van der Waals surface area contributed by atoms with E-state index in [1.165, 1.54) is 0 Å². The van der Waals surface area contributed by atoms with E-state index in [1.807, 2.05) is 0 Å². The minimum absolute atomic E-state index is 0.200. The predicted octanol–water partition coefficient (Wildman–Crippen LogP) is 1.78. The molecule has 1 aromatic carbocycles. The number of sulfonamides is 1. The normalized spacial score (nSPS) is 11.7. The molecule has 3 nitrogen and oxygen atoms in total. The quantitative estimate of drug-likeness (QED) is 0.765. The van der Waals surface area contributed by atoms with Gasteiger partial charge >= 0.3 is 0 Å². The van der Waals surface area contributed by atoms with Crippen molar-refractivity contribution in [2.45, 2.75) is 4.90 Å². The minimum atomic E-state index is -4.00. The SMILES string of the molecule is NS(=O)(=O)c1cc(F)c(Cl)cc1Cl. The molecule has 0 unspecified atom stereocenters. The summed E-state index contributed by atoms with van der Waals surface area (Å²) in [6.07, 6.45) is 0. The van der Waals surface area contributed by atoms with Crippen molar-refractivity contribution in [3.63, 3.8) is 0 Å². The highest BCUT2D eigenvalue weighted by Gasteiger charge is 2.15. The van der Waals surface area contributed by atoms with Crippen molar-refractivity contribution in [2.24, 2.45) is 5.14 Å². The summed E-state index contributed by atoms with van der Waals surface area (Å²) in [6, 6.07) is 1.66. The van der Waals surface area contributed by atoms with Crippen molar-refractivity contribution in [3.05, 3.63) is 28.0 Å². The van der Waals surface area contributed by atoms with Gasteiger partial charge in [0.05, 0.1) is 10.0 Å². The van der Waals surface area contributed by atoms with Gasteiger partial charge in [0.25, 0.3) is 0 Å². The second-order valence-electron chi connectivity index (χ2n) is 2.24. The number of benzene rings is 1. The zero-order chi connectivity index (χ0) is 10.2. The third-order valence-electron chi connectivity index (χ3n) is 1.28. The van der Waals surface area contributed by atoms with E-state index in [1.54, 1.807) is 0 Å². The van der Waals surface area contributed by atoms with Crippen molar-refractivity contribution >= 4 is 33.2 Å². The van der Waals surface area contributed by atoms with Gasteiger partial charge in [0, 0.05) is 0 Å². The number of rotatable bonds is 1. The topological polar surface area (TPSA) is 60.2 Å². The predicted molar refractivity (Wildman–Crippen MR) is 47.8 cm³/mol. The summed E-state index contributed by atoms with van der Waals surface area (Å²) in [5.74, 6) is -0.880. The largest absolute Gasteiger partial charge is 0.239 e. The van der Waals surface area contributed by atoms with Crippen LogP contribution in [0.25, 0.3) is 0 Å². The Morgan fingerprint density at radius 3 is 2.23 bits per heavy atom. The van der Waals surface area contributed by atoms with Crippen molar-refractivity contribution < 1.29 is 12.8 Å². The maximum Gasteiger partial charge on any atom is 0.239 e. The van der Waals surface area contributed by atoms with Gasteiger partial charge in [0.2, 0.25) is 10.0 Å². The van der Waals surface area contributed by atoms with E-state index >= 15 is 0 Å². The van der Waals surface area contributed by atoms with Gasteiger partial charge < -0.3 is 0 Å². The summed E-state index contributed by atoms with van der Waals surface area (Å²) in [7, 11) is -4.00. The Morgan fingerprint density at radius 2 is 1.77 bits per heavy atom. The van der Waals surface area contributed by atoms with Gasteiger partial charge in [0.15, 0.2) is 0 Å². The molecule has 0 fully saturated rings. The third-order valence-corrected chi connectivity index (χ3v) is 2.95. The maximum absolute atomic E-state index is 12.8. The van der Waals surface area contributed by atoms with Crippen molar-refractivity contribution in [2.75, 3.05) is 0 Å². The molecule has 0 aliphatic carbocycles. The number of nitrogens with two attached hydrogens (primary N) is 1. The highest BCUT2D eigenvalue weighted by molar-refractivity contribution is 7.89. The fourth-order valence-corrected chi connectivity index (χ4v) is 2.03. The lowest BCUT2D eigenvalue weighted by atomic mass is 10.3. The van der Waals surface area contributed by atoms with Crippen LogP contribution in [0.5, 0.6) is 0 Å². The van der Waals surface area contributed by atoms with E-state index in [-0.39, 0.29) is 10.0 Å². The molecule has 7 heteroatoms. The van der Waals surface area contributed by atoms with Crippen LogP contribution in [0.4, 0.5) is 4.39 Å². The van der Waals surface area contributed by atoms with Crippen LogP contribution in [-0.4, -0.2) is 8.42 Å². The number of halogens is 3. The zero-order valence-corrected chi connectivity index (χ0v) is 8.42. The first-order valence-electron chi connectivity index (χ1n) is 2.99. The van der Waals surface area contributed by atoms with Crippen molar-refractivity contribution in [1.29, 1.82) is 0 Å². The van der Waals surface area contributed by atoms with E-state index in [2.05, 4.69) is 0 Å². The van der Waals surface area contributed by atoms with Crippen molar-refractivity contribution in [1.82, 2.24) is 0 Å². The average Bonchev–Trinajstić information content (AvgIpc) is 1.94. The smallest absolute Gasteiger partial charge is 0.225 e. The molecule has 0 atom stereocenters. The lowest BCUT2D eigenvalue weighted by Gasteiger charge is -2.02. The molecule has 0 radical (unpaired) electrons. The number of hydrogen-bond acceptors (Lipinski definition) is 2. The zero-order valence-electron chi connectivity index (χ0n) is 6.09. The minimum Gasteiger partial charge on any atom is -0.225 e. The maximum atomic E-state index is 12.8. The molecule has 0 saturated heterocycles. The summed E-state index contributed by atoms with van der Waals surface area (Å²) < 4.78 is 34.4. The molecule has 0 aliphatic rings. The summed E-state index contributed by atoms with van der Waals surface area (Å²) in [5, 5.41) is 4.30. The Bertz CT molecular complexity index is 446. The lowest BCUT2D eigenvalue weighted by Crippen LogP contribution is -2.13. The Labute approximate surface area is 84.3 Å². The van der Waals surface area contributed by atoms with Crippen LogP contribution in [0, 0.1) is 5.82 Å². The molecule has 0 bridgehead atoms. The molecule has 1 rings (SSSR count). The summed E-state index contributed by atoms with van der Waals surface area (Å²) in [5.41, 5.74) is 0. The van der Waals surface area contributed by atoms with Gasteiger partial charge in [-0.15, -0.1) is 0 Å². The van der Waals surface area contributed by atoms with Gasteiger partial charge in [0.1, 0.15) is 10.7 Å². The van der Waals surface area contributed by atoms with Crippen LogP contribution < -0.4 is 5.14 Å². The monoisotopic (exact) mass is 243 g/mol. The van der Waals surface area contributed by atoms with Gasteiger partial charge in [-0.3, -0.25) is 0 Å². The Hall–Kier alpha value is -0.360. The van der Waals surface area contributed by atoms with E-state index in [0.29, 0.717) is 6.07 Å². The molecule has 0 aliphatic heterocycles. The fraction of sp³-hybridized carbons (Fsp3) is 0. The van der Waals surface area contributed by atoms with E-state index in [9.17, 15) is 12.8 Å². The van der Waals surface area contributed by atoms with Gasteiger partial charge in [-0.05, 0) is 12.1 Å². The molecule has 0 saturated carbocycles. The molecule has 0 heterocycles. The lowest BCUT2D eigenvalue weighted by molar-refractivity contribution is 0.592. The Kier molecular flexibility index (Phi) is 2.82. The first kappa shape index (κ1) is 10.7. The van der Waals surface area contributed by atoms with E-state index < -0.39 is 20.7 Å². The Balaban J connectivity index is 3.50. The molecule has 13 heavy (non-hydrogen) atoms. The molecule has 0 amide bonds. The summed E-state index contributed by atoms with van der Waals surface area (Å²) in [6.45, 7) is 0. The second kappa shape index (κ2) is 3.42. The second-order valence-corrected chi connectivity index (χ2v) is 4.59. The van der Waals surface area contributed by atoms with Gasteiger partial charge in [-0.2, -0.15) is 0 Å². The van der Waals surface area contributed by atoms with Crippen LogP contribution in [0.2, 0.25) is 10.0 Å². The average molecular weight is 244 g/mol. The highest BCUT2D eigenvalue weighted by atomic mass is 35.5. The molecule has 72 valence electrons. The van der Waals surface area contributed by atoms with Crippen LogP contribution in [-0.2, 0) is 10.0 Å². The van der Waals surface area contributed by atoms with E-state index in [0.717, 1.165) is 6.07 Å². The van der Waals surface area contributed by atoms with Crippen LogP contribution in [0.3, 0.4) is 0 Å². The molecular formula is C6H4Cl2FNO2S. The van der Waals surface area contributed by atoms with E-state index in [4.69, 9.17) is 28.3 Å². The van der Waals surface area contributed by atoms with Crippen LogP contribution >= 0.6 is 23.2 Å². The van der Waals surface area contributed by atoms with Crippen LogP contribution in [0.1, 0.15) is 0 Å². The fourth-order valence-electron chi connectivity index (χ4n) is 0.722. The van der Waals surface area contributed by atoms with Crippen molar-refractivity contribution in [3.8, 4) is 0 Å².